The van der Waals surface area contributed by atoms with Gasteiger partial charge >= 0.3 is 5.97 Å². The number of rotatable bonds is 4. The predicted octanol–water partition coefficient (Wildman–Crippen LogP) is 5.33. The maximum atomic E-state index is 12.2. The van der Waals surface area contributed by atoms with Gasteiger partial charge in [-0.3, -0.25) is 0 Å². The maximum Gasteiger partial charge on any atom is 0.347 e. The van der Waals surface area contributed by atoms with Crippen LogP contribution >= 0.6 is 0 Å². The van der Waals surface area contributed by atoms with Crippen molar-refractivity contribution in [3.05, 3.63) is 59.7 Å². The van der Waals surface area contributed by atoms with E-state index in [1.807, 2.05) is 12.1 Å². The molecule has 0 saturated carbocycles. The lowest BCUT2D eigenvalue weighted by atomic mass is 9.72. The molecule has 0 unspecified atom stereocenters. The van der Waals surface area contributed by atoms with Gasteiger partial charge in [0.05, 0.1) is 0 Å². The summed E-state index contributed by atoms with van der Waals surface area (Å²) in [5.41, 5.74) is 1.25. The number of carbonyl (C=O) groups is 1. The third-order valence-electron chi connectivity index (χ3n) is 3.93. The fourth-order valence-corrected chi connectivity index (χ4v) is 3.20. The standard InChI is InChI=1S/C21H26O3/c1-20(2,3)14-21(4,5)15-11-12-17(18(22)13-15)19(23)24-16-9-7-6-8-10-16/h6-13,22H,14H2,1-5H3. The van der Waals surface area contributed by atoms with Crippen molar-refractivity contribution in [3.63, 3.8) is 0 Å². The van der Waals surface area contributed by atoms with Gasteiger partial charge in [-0.25, -0.2) is 4.79 Å². The van der Waals surface area contributed by atoms with Gasteiger partial charge in [0.2, 0.25) is 0 Å². The average molecular weight is 326 g/mol. The van der Waals surface area contributed by atoms with Crippen LogP contribution in [-0.4, -0.2) is 11.1 Å². The van der Waals surface area contributed by atoms with Gasteiger partial charge in [0.1, 0.15) is 17.1 Å². The van der Waals surface area contributed by atoms with Crippen LogP contribution in [0.3, 0.4) is 0 Å². The lowest BCUT2D eigenvalue weighted by molar-refractivity contribution is 0.0731. The van der Waals surface area contributed by atoms with Gasteiger partial charge in [0.25, 0.3) is 0 Å². The van der Waals surface area contributed by atoms with Gasteiger partial charge in [0, 0.05) is 0 Å². The molecule has 0 spiro atoms. The Morgan fingerprint density at radius 1 is 1.00 bits per heavy atom. The molecule has 2 aromatic rings. The van der Waals surface area contributed by atoms with Gasteiger partial charge < -0.3 is 9.84 Å². The maximum absolute atomic E-state index is 12.2. The van der Waals surface area contributed by atoms with E-state index < -0.39 is 5.97 Å². The molecule has 0 aromatic heterocycles. The number of carbonyl (C=O) groups excluding carboxylic acids is 1. The number of phenols is 1. The predicted molar refractivity (Wildman–Crippen MR) is 96.6 cm³/mol. The molecule has 0 aliphatic heterocycles. The van der Waals surface area contributed by atoms with Crippen molar-refractivity contribution in [2.24, 2.45) is 5.41 Å². The van der Waals surface area contributed by atoms with Crippen molar-refractivity contribution in [2.75, 3.05) is 0 Å². The van der Waals surface area contributed by atoms with Crippen molar-refractivity contribution >= 4 is 5.97 Å². The summed E-state index contributed by atoms with van der Waals surface area (Å²) in [6.45, 7) is 10.9. The first-order chi connectivity index (χ1) is 11.1. The molecule has 2 aromatic carbocycles. The fourth-order valence-electron chi connectivity index (χ4n) is 3.20. The second kappa shape index (κ2) is 6.68. The van der Waals surface area contributed by atoms with Crippen LogP contribution in [0.4, 0.5) is 0 Å². The molecule has 128 valence electrons. The molecule has 1 N–H and O–H groups in total. The minimum Gasteiger partial charge on any atom is -0.507 e. The Hall–Kier alpha value is -2.29. The zero-order valence-electron chi connectivity index (χ0n) is 15.1. The smallest absolute Gasteiger partial charge is 0.347 e. The molecule has 0 fully saturated rings. The average Bonchev–Trinajstić information content (AvgIpc) is 2.45. The van der Waals surface area contributed by atoms with Crippen LogP contribution in [0.1, 0.15) is 57.0 Å². The van der Waals surface area contributed by atoms with Gasteiger partial charge in [-0.2, -0.15) is 0 Å². The summed E-state index contributed by atoms with van der Waals surface area (Å²) < 4.78 is 5.29. The first-order valence-electron chi connectivity index (χ1n) is 8.19. The molecule has 0 atom stereocenters. The van der Waals surface area contributed by atoms with Gasteiger partial charge in [-0.15, -0.1) is 0 Å². The summed E-state index contributed by atoms with van der Waals surface area (Å²) in [5.74, 6) is -0.145. The number of para-hydroxylation sites is 1. The normalized spacial score (nSPS) is 12.0. The van der Waals surface area contributed by atoms with Gasteiger partial charge in [0.15, 0.2) is 0 Å². The van der Waals surface area contributed by atoms with Crippen LogP contribution in [0.25, 0.3) is 0 Å². The summed E-state index contributed by atoms with van der Waals surface area (Å²) in [7, 11) is 0. The van der Waals surface area contributed by atoms with Crippen molar-refractivity contribution < 1.29 is 14.6 Å². The highest BCUT2D eigenvalue weighted by Gasteiger charge is 2.28. The largest absolute Gasteiger partial charge is 0.507 e. The van der Waals surface area contributed by atoms with Crippen LogP contribution in [0.2, 0.25) is 0 Å². The molecule has 0 saturated heterocycles. The van der Waals surface area contributed by atoms with E-state index in [9.17, 15) is 9.90 Å². The number of ether oxygens (including phenoxy) is 1. The molecular weight excluding hydrogens is 300 g/mol. The molecule has 24 heavy (non-hydrogen) atoms. The minimum atomic E-state index is -0.557. The Balaban J connectivity index is 2.22. The van der Waals surface area contributed by atoms with E-state index in [4.69, 9.17) is 4.74 Å². The number of esters is 1. The number of aromatic hydroxyl groups is 1. The number of hydrogen-bond acceptors (Lipinski definition) is 3. The molecule has 2 rings (SSSR count). The molecule has 0 heterocycles. The Labute approximate surface area is 144 Å². The van der Waals surface area contributed by atoms with Crippen molar-refractivity contribution in [1.29, 1.82) is 0 Å². The molecule has 0 amide bonds. The van der Waals surface area contributed by atoms with Gasteiger partial charge in [-0.05, 0) is 47.1 Å². The van der Waals surface area contributed by atoms with E-state index in [-0.39, 0.29) is 22.1 Å². The Morgan fingerprint density at radius 2 is 1.62 bits per heavy atom. The summed E-state index contributed by atoms with van der Waals surface area (Å²) >= 11 is 0. The second-order valence-corrected chi connectivity index (χ2v) is 8.06. The van der Waals surface area contributed by atoms with E-state index in [1.54, 1.807) is 36.4 Å². The molecule has 0 aliphatic carbocycles. The third kappa shape index (κ3) is 4.60. The summed E-state index contributed by atoms with van der Waals surface area (Å²) in [5, 5.41) is 10.3. The zero-order chi connectivity index (χ0) is 18.0. The van der Waals surface area contributed by atoms with Crippen LogP contribution in [0.5, 0.6) is 11.5 Å². The fraction of sp³-hybridized carbons (Fsp3) is 0.381. The second-order valence-electron chi connectivity index (χ2n) is 8.06. The Kier molecular flexibility index (Phi) is 5.02. The Bertz CT molecular complexity index is 710. The van der Waals surface area contributed by atoms with E-state index in [1.165, 1.54) is 0 Å². The SMILES string of the molecule is CC(C)(C)CC(C)(C)c1ccc(C(=O)Oc2ccccc2)c(O)c1. The zero-order valence-corrected chi connectivity index (χ0v) is 15.1. The van der Waals surface area contributed by atoms with Crippen LogP contribution in [0, 0.1) is 5.41 Å². The molecule has 3 nitrogen and oxygen atoms in total. The summed E-state index contributed by atoms with van der Waals surface area (Å²) in [6.07, 6.45) is 0.966. The van der Waals surface area contributed by atoms with E-state index >= 15 is 0 Å². The van der Waals surface area contributed by atoms with E-state index in [0.717, 1.165) is 12.0 Å². The summed E-state index contributed by atoms with van der Waals surface area (Å²) in [6, 6.07) is 14.0. The van der Waals surface area contributed by atoms with Crippen molar-refractivity contribution in [2.45, 2.75) is 46.5 Å². The highest BCUT2D eigenvalue weighted by Crippen LogP contribution is 2.37. The number of benzene rings is 2. The lowest BCUT2D eigenvalue weighted by Crippen LogP contribution is -2.25. The molecular formula is C21H26O3. The van der Waals surface area contributed by atoms with Crippen LogP contribution in [0.15, 0.2) is 48.5 Å². The van der Waals surface area contributed by atoms with Crippen LogP contribution in [-0.2, 0) is 5.41 Å². The number of hydrogen-bond donors (Lipinski definition) is 1. The minimum absolute atomic E-state index is 0.0459. The van der Waals surface area contributed by atoms with Crippen molar-refractivity contribution in [3.8, 4) is 11.5 Å². The highest BCUT2D eigenvalue weighted by molar-refractivity contribution is 5.94. The Morgan fingerprint density at radius 3 is 2.17 bits per heavy atom. The van der Waals surface area contributed by atoms with Gasteiger partial charge in [-0.1, -0.05) is 58.9 Å². The van der Waals surface area contributed by atoms with Crippen molar-refractivity contribution in [1.82, 2.24) is 0 Å². The highest BCUT2D eigenvalue weighted by atomic mass is 16.5. The lowest BCUT2D eigenvalue weighted by Gasteiger charge is -2.33. The topological polar surface area (TPSA) is 46.5 Å². The molecule has 0 aliphatic rings. The van der Waals surface area contributed by atoms with E-state index in [0.29, 0.717) is 5.75 Å². The third-order valence-corrected chi connectivity index (χ3v) is 3.93. The van der Waals surface area contributed by atoms with Crippen LogP contribution < -0.4 is 4.74 Å². The molecule has 0 radical (unpaired) electrons. The quantitative estimate of drug-likeness (QED) is 0.610. The van der Waals surface area contributed by atoms with E-state index in [2.05, 4.69) is 34.6 Å². The monoisotopic (exact) mass is 326 g/mol. The summed E-state index contributed by atoms with van der Waals surface area (Å²) in [4.78, 5) is 12.2. The first-order valence-corrected chi connectivity index (χ1v) is 8.19. The first kappa shape index (κ1) is 18.1. The molecule has 3 heteroatoms. The number of phenolic OH excluding ortho intramolecular Hbond substituents is 1. The molecule has 0 bridgehead atoms.